The van der Waals surface area contributed by atoms with E-state index in [1.165, 1.54) is 31.2 Å². The first-order chi connectivity index (χ1) is 9.13. The summed E-state index contributed by atoms with van der Waals surface area (Å²) in [5, 5.41) is 3.40. The van der Waals surface area contributed by atoms with Gasteiger partial charge in [0.1, 0.15) is 5.82 Å². The fourth-order valence-corrected chi connectivity index (χ4v) is 4.89. The second-order valence-corrected chi connectivity index (χ2v) is 7.25. The summed E-state index contributed by atoms with van der Waals surface area (Å²) in [5.74, 6) is 1.62. The molecule has 1 aromatic rings. The molecule has 2 saturated carbocycles. The van der Waals surface area contributed by atoms with Crippen molar-refractivity contribution in [1.29, 1.82) is 0 Å². The van der Waals surface area contributed by atoms with Crippen LogP contribution in [0.15, 0.2) is 22.7 Å². The van der Waals surface area contributed by atoms with E-state index in [0.29, 0.717) is 9.89 Å². The van der Waals surface area contributed by atoms with Gasteiger partial charge in [-0.2, -0.15) is 0 Å². The lowest BCUT2D eigenvalue weighted by Crippen LogP contribution is -2.39. The smallest absolute Gasteiger partial charge is 0.137 e. The van der Waals surface area contributed by atoms with E-state index < -0.39 is 0 Å². The van der Waals surface area contributed by atoms with Gasteiger partial charge in [0.25, 0.3) is 0 Å². The van der Waals surface area contributed by atoms with E-state index in [9.17, 15) is 4.39 Å². The zero-order valence-electron chi connectivity index (χ0n) is 11.4. The van der Waals surface area contributed by atoms with E-state index >= 15 is 0 Å². The van der Waals surface area contributed by atoms with Gasteiger partial charge >= 0.3 is 0 Å². The molecule has 0 heterocycles. The van der Waals surface area contributed by atoms with Crippen molar-refractivity contribution in [3.05, 3.63) is 34.1 Å². The topological polar surface area (TPSA) is 12.0 Å². The summed E-state index contributed by atoms with van der Waals surface area (Å²) < 4.78 is 13.9. The summed E-state index contributed by atoms with van der Waals surface area (Å²) in [4.78, 5) is 0. The summed E-state index contributed by atoms with van der Waals surface area (Å²) in [6, 6.07) is 5.49. The lowest BCUT2D eigenvalue weighted by molar-refractivity contribution is 0.160. The average Bonchev–Trinajstić information content (AvgIpc) is 2.95. The third-order valence-corrected chi connectivity index (χ3v) is 5.78. The fourth-order valence-electron chi connectivity index (χ4n) is 4.46. The average molecular weight is 326 g/mol. The van der Waals surface area contributed by atoms with E-state index in [0.717, 1.165) is 24.8 Å². The number of hydrogen-bond acceptors (Lipinski definition) is 1. The van der Waals surface area contributed by atoms with Crippen molar-refractivity contribution in [2.45, 2.75) is 32.1 Å². The molecule has 3 rings (SSSR count). The summed E-state index contributed by atoms with van der Waals surface area (Å²) in [6.07, 6.45) is 6.63. The molecule has 1 aromatic carbocycles. The first kappa shape index (κ1) is 13.6. The first-order valence-corrected chi connectivity index (χ1v) is 8.01. The molecule has 0 aliphatic heterocycles. The number of halogens is 2. The van der Waals surface area contributed by atoms with E-state index in [4.69, 9.17) is 0 Å². The minimum absolute atomic E-state index is 0.167. The predicted octanol–water partition coefficient (Wildman–Crippen LogP) is 4.16. The Morgan fingerprint density at radius 3 is 2.84 bits per heavy atom. The van der Waals surface area contributed by atoms with Gasteiger partial charge in [-0.1, -0.05) is 12.5 Å². The summed E-state index contributed by atoms with van der Waals surface area (Å²) >= 11 is 3.30. The molecule has 0 aromatic heterocycles. The summed E-state index contributed by atoms with van der Waals surface area (Å²) in [7, 11) is 2.05. The molecular formula is C16H21BrFN. The minimum atomic E-state index is -0.167. The van der Waals surface area contributed by atoms with Gasteiger partial charge in [-0.15, -0.1) is 0 Å². The van der Waals surface area contributed by atoms with Crippen LogP contribution in [-0.4, -0.2) is 13.6 Å². The van der Waals surface area contributed by atoms with Crippen molar-refractivity contribution in [1.82, 2.24) is 5.32 Å². The molecule has 19 heavy (non-hydrogen) atoms. The molecule has 3 atom stereocenters. The normalized spacial score (nSPS) is 33.0. The van der Waals surface area contributed by atoms with Gasteiger partial charge in [0.05, 0.1) is 4.47 Å². The third kappa shape index (κ3) is 2.47. The maximum atomic E-state index is 13.3. The first-order valence-electron chi connectivity index (χ1n) is 7.21. The molecule has 0 spiro atoms. The quantitative estimate of drug-likeness (QED) is 0.876. The monoisotopic (exact) mass is 325 g/mol. The van der Waals surface area contributed by atoms with E-state index in [1.54, 1.807) is 6.07 Å². The molecule has 0 saturated heterocycles. The van der Waals surface area contributed by atoms with E-state index in [-0.39, 0.29) is 5.82 Å². The molecule has 3 heteroatoms. The highest BCUT2D eigenvalue weighted by Gasteiger charge is 2.50. The molecule has 0 amide bonds. The van der Waals surface area contributed by atoms with Crippen LogP contribution in [0, 0.1) is 23.1 Å². The van der Waals surface area contributed by atoms with Gasteiger partial charge in [0.2, 0.25) is 0 Å². The van der Waals surface area contributed by atoms with Crippen LogP contribution in [-0.2, 0) is 6.42 Å². The summed E-state index contributed by atoms with van der Waals surface area (Å²) in [5.41, 5.74) is 1.66. The summed E-state index contributed by atoms with van der Waals surface area (Å²) in [6.45, 7) is 1.09. The fraction of sp³-hybridized carbons (Fsp3) is 0.625. The van der Waals surface area contributed by atoms with Gasteiger partial charge in [-0.05, 0) is 83.6 Å². The Kier molecular flexibility index (Phi) is 3.69. The Labute approximate surface area is 123 Å². The maximum Gasteiger partial charge on any atom is 0.137 e. The molecule has 2 fully saturated rings. The Morgan fingerprint density at radius 2 is 2.26 bits per heavy atom. The largest absolute Gasteiger partial charge is 0.319 e. The van der Waals surface area contributed by atoms with Crippen molar-refractivity contribution in [3.63, 3.8) is 0 Å². The third-order valence-electron chi connectivity index (χ3n) is 5.17. The van der Waals surface area contributed by atoms with E-state index in [1.807, 2.05) is 19.2 Å². The highest BCUT2D eigenvalue weighted by atomic mass is 79.9. The number of hydrogen-bond donors (Lipinski definition) is 1. The molecule has 1 nitrogen and oxygen atoms in total. The Hall–Kier alpha value is -0.410. The van der Waals surface area contributed by atoms with Crippen molar-refractivity contribution in [3.8, 4) is 0 Å². The Bertz CT molecular complexity index is 476. The van der Waals surface area contributed by atoms with Gasteiger partial charge in [-0.25, -0.2) is 4.39 Å². The van der Waals surface area contributed by atoms with Crippen LogP contribution in [0.4, 0.5) is 4.39 Å². The standard InChI is InChI=1S/C16H21BrFN/c1-19-10-16(8-11-2-4-13(16)6-11)9-12-3-5-15(18)14(17)7-12/h3,5,7,11,13,19H,2,4,6,8-10H2,1H3. The second kappa shape index (κ2) is 5.17. The second-order valence-electron chi connectivity index (χ2n) is 6.40. The van der Waals surface area contributed by atoms with E-state index in [2.05, 4.69) is 21.2 Å². The van der Waals surface area contributed by atoms with Crippen LogP contribution < -0.4 is 5.32 Å². The highest BCUT2D eigenvalue weighted by Crippen LogP contribution is 2.57. The molecule has 3 unspecified atom stereocenters. The lowest BCUT2D eigenvalue weighted by Gasteiger charge is -2.38. The van der Waals surface area contributed by atoms with Crippen LogP contribution in [0.3, 0.4) is 0 Å². The predicted molar refractivity (Wildman–Crippen MR) is 79.6 cm³/mol. The van der Waals surface area contributed by atoms with Crippen molar-refractivity contribution < 1.29 is 4.39 Å². The zero-order valence-corrected chi connectivity index (χ0v) is 13.0. The molecule has 0 radical (unpaired) electrons. The maximum absolute atomic E-state index is 13.3. The van der Waals surface area contributed by atoms with Gasteiger partial charge < -0.3 is 5.32 Å². The zero-order chi connectivity index (χ0) is 13.5. The molecular weight excluding hydrogens is 305 g/mol. The van der Waals surface area contributed by atoms with Crippen LogP contribution in [0.1, 0.15) is 31.2 Å². The van der Waals surface area contributed by atoms with Crippen molar-refractivity contribution >= 4 is 15.9 Å². The lowest BCUT2D eigenvalue weighted by atomic mass is 9.69. The SMILES string of the molecule is CNCC1(Cc2ccc(F)c(Br)c2)CC2CCC1C2. The molecule has 1 N–H and O–H groups in total. The minimum Gasteiger partial charge on any atom is -0.319 e. The number of nitrogens with one attached hydrogen (secondary N) is 1. The van der Waals surface area contributed by atoms with Gasteiger partial charge in [0, 0.05) is 6.54 Å². The number of fused-ring (bicyclic) bond motifs is 2. The molecule has 2 bridgehead atoms. The molecule has 104 valence electrons. The van der Waals surface area contributed by atoms with Crippen LogP contribution in [0.2, 0.25) is 0 Å². The Morgan fingerprint density at radius 1 is 1.42 bits per heavy atom. The number of benzene rings is 1. The van der Waals surface area contributed by atoms with Crippen LogP contribution in [0.5, 0.6) is 0 Å². The van der Waals surface area contributed by atoms with Gasteiger partial charge in [-0.3, -0.25) is 0 Å². The van der Waals surface area contributed by atoms with Crippen LogP contribution >= 0.6 is 15.9 Å². The van der Waals surface area contributed by atoms with Crippen molar-refractivity contribution in [2.75, 3.05) is 13.6 Å². The molecule has 2 aliphatic rings. The molecule has 2 aliphatic carbocycles. The highest BCUT2D eigenvalue weighted by molar-refractivity contribution is 9.10. The number of rotatable bonds is 4. The Balaban J connectivity index is 1.84. The van der Waals surface area contributed by atoms with Gasteiger partial charge in [0.15, 0.2) is 0 Å². The van der Waals surface area contributed by atoms with Crippen molar-refractivity contribution in [2.24, 2.45) is 17.3 Å². The van der Waals surface area contributed by atoms with Crippen LogP contribution in [0.25, 0.3) is 0 Å².